The molecular weight excluding hydrogens is 328 g/mol. The Bertz CT molecular complexity index is 763. The maximum atomic E-state index is 6.31. The van der Waals surface area contributed by atoms with Crippen LogP contribution in [0.15, 0.2) is 33.5 Å². The van der Waals surface area contributed by atoms with Gasteiger partial charge in [0.2, 0.25) is 0 Å². The maximum absolute atomic E-state index is 6.31. The van der Waals surface area contributed by atoms with E-state index in [9.17, 15) is 0 Å². The van der Waals surface area contributed by atoms with Gasteiger partial charge in [-0.1, -0.05) is 23.7 Å². The molecule has 3 heterocycles. The molecule has 0 bridgehead atoms. The van der Waals surface area contributed by atoms with E-state index in [0.717, 1.165) is 23.3 Å². The molecule has 102 valence electrons. The number of nitrogens with zero attached hydrogens (tertiary/aromatic N) is 2. The summed E-state index contributed by atoms with van der Waals surface area (Å²) in [7, 11) is 0. The second-order valence-corrected chi connectivity index (χ2v) is 8.04. The van der Waals surface area contributed by atoms with Crippen molar-refractivity contribution < 1.29 is 0 Å². The third-order valence-corrected chi connectivity index (χ3v) is 7.21. The van der Waals surface area contributed by atoms with Gasteiger partial charge < -0.3 is 4.90 Å². The van der Waals surface area contributed by atoms with Crippen LogP contribution in [0.5, 0.6) is 0 Å². The molecule has 0 fully saturated rings. The number of amidine groups is 1. The van der Waals surface area contributed by atoms with Crippen LogP contribution in [0.2, 0.25) is 5.02 Å². The summed E-state index contributed by atoms with van der Waals surface area (Å²) in [5.41, 5.74) is 1.32. The quantitative estimate of drug-likeness (QED) is 0.769. The predicted octanol–water partition coefficient (Wildman–Crippen LogP) is 4.96. The lowest BCUT2D eigenvalue weighted by molar-refractivity contribution is 0.651. The first-order valence-electron chi connectivity index (χ1n) is 6.24. The molecule has 4 rings (SSSR count). The van der Waals surface area contributed by atoms with Gasteiger partial charge in [0.15, 0.2) is 5.17 Å². The number of rotatable bonds is 2. The van der Waals surface area contributed by atoms with Gasteiger partial charge in [-0.15, -0.1) is 23.1 Å². The summed E-state index contributed by atoms with van der Waals surface area (Å²) in [6.07, 6.45) is 2.13. The highest BCUT2D eigenvalue weighted by Gasteiger charge is 2.33. The van der Waals surface area contributed by atoms with Crippen LogP contribution >= 0.6 is 46.5 Å². The monoisotopic (exact) mass is 338 g/mol. The lowest BCUT2D eigenvalue weighted by Gasteiger charge is -2.15. The van der Waals surface area contributed by atoms with E-state index in [0.29, 0.717) is 0 Å². The molecule has 0 aliphatic carbocycles. The van der Waals surface area contributed by atoms with E-state index in [1.807, 2.05) is 12.1 Å². The highest BCUT2D eigenvalue weighted by molar-refractivity contribution is 8.30. The highest BCUT2D eigenvalue weighted by Crippen LogP contribution is 2.48. The van der Waals surface area contributed by atoms with Crippen molar-refractivity contribution in [3.05, 3.63) is 38.4 Å². The van der Waals surface area contributed by atoms with Gasteiger partial charge >= 0.3 is 0 Å². The van der Waals surface area contributed by atoms with Gasteiger partial charge in [0.25, 0.3) is 0 Å². The van der Waals surface area contributed by atoms with Gasteiger partial charge in [0.05, 0.1) is 31.1 Å². The normalized spacial score (nSPS) is 18.1. The number of thioether (sulfide) groups is 2. The SMILES string of the molecule is CSC1=C(c2cc3cccc(Cl)c3s2)N2CCN=C2S1. The Morgan fingerprint density at radius 3 is 3.10 bits per heavy atom. The maximum Gasteiger partial charge on any atom is 0.169 e. The van der Waals surface area contributed by atoms with Crippen molar-refractivity contribution in [2.45, 2.75) is 0 Å². The van der Waals surface area contributed by atoms with E-state index < -0.39 is 0 Å². The Kier molecular flexibility index (Phi) is 3.26. The van der Waals surface area contributed by atoms with Crippen molar-refractivity contribution in [1.82, 2.24) is 4.90 Å². The van der Waals surface area contributed by atoms with Crippen LogP contribution in [0.3, 0.4) is 0 Å². The first-order chi connectivity index (χ1) is 9.78. The largest absolute Gasteiger partial charge is 0.316 e. The lowest BCUT2D eigenvalue weighted by Crippen LogP contribution is -2.19. The van der Waals surface area contributed by atoms with Crippen molar-refractivity contribution >= 4 is 67.4 Å². The molecule has 0 radical (unpaired) electrons. The Balaban J connectivity index is 1.89. The molecule has 0 spiro atoms. The first-order valence-corrected chi connectivity index (χ1v) is 9.48. The van der Waals surface area contributed by atoms with Gasteiger partial charge in [-0.2, -0.15) is 0 Å². The van der Waals surface area contributed by atoms with Crippen LogP contribution in [-0.4, -0.2) is 29.4 Å². The number of thiophene rings is 1. The van der Waals surface area contributed by atoms with Crippen LogP contribution in [0, 0.1) is 0 Å². The molecule has 1 aromatic heterocycles. The first kappa shape index (κ1) is 13.1. The highest BCUT2D eigenvalue weighted by atomic mass is 35.5. The Labute approximate surface area is 134 Å². The predicted molar refractivity (Wildman–Crippen MR) is 93.9 cm³/mol. The number of benzene rings is 1. The summed E-state index contributed by atoms with van der Waals surface area (Å²) in [6, 6.07) is 8.35. The fraction of sp³-hybridized carbons (Fsp3) is 0.214. The van der Waals surface area contributed by atoms with Crippen molar-refractivity contribution in [2.75, 3.05) is 19.3 Å². The van der Waals surface area contributed by atoms with Crippen LogP contribution in [0.4, 0.5) is 0 Å². The molecule has 6 heteroatoms. The minimum atomic E-state index is 0.839. The van der Waals surface area contributed by atoms with Gasteiger partial charge in [0.1, 0.15) is 0 Å². The molecule has 2 aliphatic rings. The van der Waals surface area contributed by atoms with Crippen molar-refractivity contribution in [1.29, 1.82) is 0 Å². The van der Waals surface area contributed by atoms with Crippen LogP contribution in [0.25, 0.3) is 15.8 Å². The topological polar surface area (TPSA) is 15.6 Å². The number of aliphatic imine (C=N–C) groups is 1. The molecule has 0 N–H and O–H groups in total. The van der Waals surface area contributed by atoms with Crippen LogP contribution in [0.1, 0.15) is 4.88 Å². The minimum absolute atomic E-state index is 0.839. The summed E-state index contributed by atoms with van der Waals surface area (Å²) in [5, 5.41) is 3.21. The molecule has 0 atom stereocenters. The van der Waals surface area contributed by atoms with Crippen LogP contribution < -0.4 is 0 Å². The third-order valence-electron chi connectivity index (χ3n) is 3.36. The number of hydrogen-bond acceptors (Lipinski definition) is 5. The third kappa shape index (κ3) is 1.91. The molecule has 1 aromatic carbocycles. The second-order valence-electron chi connectivity index (χ2n) is 4.53. The zero-order chi connectivity index (χ0) is 13.7. The van der Waals surface area contributed by atoms with Gasteiger partial charge in [0, 0.05) is 6.54 Å². The summed E-state index contributed by atoms with van der Waals surface area (Å²) >= 11 is 11.7. The summed E-state index contributed by atoms with van der Waals surface area (Å²) in [5.74, 6) is 0. The van der Waals surface area contributed by atoms with E-state index >= 15 is 0 Å². The van der Waals surface area contributed by atoms with Gasteiger partial charge in [-0.3, -0.25) is 4.99 Å². The molecule has 2 nitrogen and oxygen atoms in total. The summed E-state index contributed by atoms with van der Waals surface area (Å²) < 4.78 is 2.51. The van der Waals surface area contributed by atoms with Crippen LogP contribution in [-0.2, 0) is 0 Å². The average Bonchev–Trinajstić information content (AvgIpc) is 3.10. The van der Waals surface area contributed by atoms with E-state index in [1.54, 1.807) is 34.9 Å². The summed E-state index contributed by atoms with van der Waals surface area (Å²) in [6.45, 7) is 1.89. The number of hydrogen-bond donors (Lipinski definition) is 0. The Hall–Kier alpha value is -0.620. The molecule has 0 unspecified atom stereocenters. The molecular formula is C14H11ClN2S3. The van der Waals surface area contributed by atoms with Crippen molar-refractivity contribution in [3.8, 4) is 0 Å². The molecule has 2 aromatic rings. The number of halogens is 1. The Morgan fingerprint density at radius 2 is 2.30 bits per heavy atom. The zero-order valence-corrected chi connectivity index (χ0v) is 13.9. The van der Waals surface area contributed by atoms with E-state index in [2.05, 4.69) is 28.3 Å². The minimum Gasteiger partial charge on any atom is -0.316 e. The van der Waals surface area contributed by atoms with E-state index in [1.165, 1.54) is 24.9 Å². The average molecular weight is 339 g/mol. The molecule has 0 saturated carbocycles. The van der Waals surface area contributed by atoms with E-state index in [4.69, 9.17) is 11.6 Å². The van der Waals surface area contributed by atoms with E-state index in [-0.39, 0.29) is 0 Å². The summed E-state index contributed by atoms with van der Waals surface area (Å²) in [4.78, 5) is 8.20. The standard InChI is InChI=1S/C14H11ClN2S3/c1-18-13-11(17-6-5-16-14(17)20-13)10-7-8-3-2-4-9(15)12(8)19-10/h2-4,7H,5-6H2,1H3. The Morgan fingerprint density at radius 1 is 1.40 bits per heavy atom. The second kappa shape index (κ2) is 4.98. The fourth-order valence-corrected chi connectivity index (χ4v) is 5.93. The lowest BCUT2D eigenvalue weighted by atomic mass is 10.2. The smallest absolute Gasteiger partial charge is 0.169 e. The molecule has 0 saturated heterocycles. The fourth-order valence-electron chi connectivity index (χ4n) is 2.48. The molecule has 0 amide bonds. The van der Waals surface area contributed by atoms with Gasteiger partial charge in [-0.05, 0) is 35.5 Å². The van der Waals surface area contributed by atoms with Crippen molar-refractivity contribution in [2.24, 2.45) is 4.99 Å². The molecule has 2 aliphatic heterocycles. The number of fused-ring (bicyclic) bond motifs is 2. The van der Waals surface area contributed by atoms with Crippen molar-refractivity contribution in [3.63, 3.8) is 0 Å². The van der Waals surface area contributed by atoms with Gasteiger partial charge in [-0.25, -0.2) is 0 Å². The zero-order valence-electron chi connectivity index (χ0n) is 10.7. The molecule has 20 heavy (non-hydrogen) atoms.